The topological polar surface area (TPSA) is 48.4 Å². The summed E-state index contributed by atoms with van der Waals surface area (Å²) in [6.07, 6.45) is 0. The van der Waals surface area contributed by atoms with Gasteiger partial charge >= 0.3 is 5.97 Å². The number of methoxy groups -OCH3 is 1. The number of carbonyl (C=O) groups is 1. The molecule has 0 fully saturated rings. The standard InChI is InChI=1S/C14H15NO3/c1-4-18-14(16)12-7-10-5-6-11(17-3)8-13(10)15-9(12)2/h5-8H,4H2,1-3H3. The zero-order valence-electron chi connectivity index (χ0n) is 10.7. The van der Waals surface area contributed by atoms with E-state index in [1.54, 1.807) is 27.0 Å². The number of benzene rings is 1. The van der Waals surface area contributed by atoms with Gasteiger partial charge in [0.1, 0.15) is 5.75 Å². The molecule has 0 unspecified atom stereocenters. The summed E-state index contributed by atoms with van der Waals surface area (Å²) in [5.74, 6) is 0.415. The third-order valence-electron chi connectivity index (χ3n) is 2.71. The maximum atomic E-state index is 11.7. The van der Waals surface area contributed by atoms with Crippen LogP contribution in [0.3, 0.4) is 0 Å². The van der Waals surface area contributed by atoms with E-state index in [-0.39, 0.29) is 5.97 Å². The summed E-state index contributed by atoms with van der Waals surface area (Å²) in [5, 5.41) is 0.893. The molecule has 1 aromatic heterocycles. The number of nitrogens with zero attached hydrogens (tertiary/aromatic N) is 1. The van der Waals surface area contributed by atoms with E-state index in [9.17, 15) is 4.79 Å². The van der Waals surface area contributed by atoms with Crippen LogP contribution in [-0.2, 0) is 4.74 Å². The lowest BCUT2D eigenvalue weighted by molar-refractivity contribution is 0.0525. The van der Waals surface area contributed by atoms with Crippen LogP contribution in [0.4, 0.5) is 0 Å². The van der Waals surface area contributed by atoms with Gasteiger partial charge in [0.25, 0.3) is 0 Å². The van der Waals surface area contributed by atoms with Crippen LogP contribution in [0.15, 0.2) is 24.3 Å². The average Bonchev–Trinajstić information content (AvgIpc) is 2.37. The fraction of sp³-hybridized carbons (Fsp3) is 0.286. The summed E-state index contributed by atoms with van der Waals surface area (Å²) < 4.78 is 10.1. The van der Waals surface area contributed by atoms with Crippen molar-refractivity contribution in [3.8, 4) is 5.75 Å². The number of ether oxygens (including phenoxy) is 2. The Balaban J connectivity index is 2.52. The number of rotatable bonds is 3. The third kappa shape index (κ3) is 2.27. The van der Waals surface area contributed by atoms with Crippen LogP contribution < -0.4 is 4.74 Å². The van der Waals surface area contributed by atoms with Crippen molar-refractivity contribution >= 4 is 16.9 Å². The van der Waals surface area contributed by atoms with Crippen molar-refractivity contribution in [2.24, 2.45) is 0 Å². The molecule has 0 spiro atoms. The first kappa shape index (κ1) is 12.4. The van der Waals surface area contributed by atoms with E-state index in [2.05, 4.69) is 4.98 Å². The second-order valence-electron chi connectivity index (χ2n) is 3.90. The molecule has 4 nitrogen and oxygen atoms in total. The molecule has 1 heterocycles. The molecule has 0 radical (unpaired) electrons. The predicted octanol–water partition coefficient (Wildman–Crippen LogP) is 2.73. The van der Waals surface area contributed by atoms with Gasteiger partial charge in [-0.15, -0.1) is 0 Å². The fourth-order valence-electron chi connectivity index (χ4n) is 1.79. The largest absolute Gasteiger partial charge is 0.497 e. The third-order valence-corrected chi connectivity index (χ3v) is 2.71. The molecule has 0 aliphatic heterocycles. The van der Waals surface area contributed by atoms with Crippen molar-refractivity contribution in [3.63, 3.8) is 0 Å². The zero-order valence-corrected chi connectivity index (χ0v) is 10.7. The first-order chi connectivity index (χ1) is 8.65. The molecule has 94 valence electrons. The number of fused-ring (bicyclic) bond motifs is 1. The van der Waals surface area contributed by atoms with Crippen molar-refractivity contribution in [2.45, 2.75) is 13.8 Å². The van der Waals surface area contributed by atoms with Crippen LogP contribution in [0.5, 0.6) is 5.75 Å². The van der Waals surface area contributed by atoms with Crippen LogP contribution in [-0.4, -0.2) is 24.7 Å². The monoisotopic (exact) mass is 245 g/mol. The minimum Gasteiger partial charge on any atom is -0.497 e. The zero-order chi connectivity index (χ0) is 13.1. The van der Waals surface area contributed by atoms with Crippen molar-refractivity contribution in [2.75, 3.05) is 13.7 Å². The Morgan fingerprint density at radius 2 is 2.11 bits per heavy atom. The van der Waals surface area contributed by atoms with E-state index in [1.165, 1.54) is 0 Å². The molecular weight excluding hydrogens is 230 g/mol. The molecule has 0 aliphatic rings. The van der Waals surface area contributed by atoms with E-state index in [4.69, 9.17) is 9.47 Å². The molecule has 4 heteroatoms. The number of carbonyl (C=O) groups excluding carboxylic acids is 1. The highest BCUT2D eigenvalue weighted by atomic mass is 16.5. The number of hydrogen-bond acceptors (Lipinski definition) is 4. The lowest BCUT2D eigenvalue weighted by Gasteiger charge is -2.07. The molecule has 18 heavy (non-hydrogen) atoms. The second kappa shape index (κ2) is 5.04. The fourth-order valence-corrected chi connectivity index (χ4v) is 1.79. The van der Waals surface area contributed by atoms with Gasteiger partial charge in [0.05, 0.1) is 30.5 Å². The van der Waals surface area contributed by atoms with Gasteiger partial charge in [-0.3, -0.25) is 4.98 Å². The highest BCUT2D eigenvalue weighted by Crippen LogP contribution is 2.22. The highest BCUT2D eigenvalue weighted by Gasteiger charge is 2.12. The van der Waals surface area contributed by atoms with Crippen LogP contribution in [0.1, 0.15) is 23.0 Å². The lowest BCUT2D eigenvalue weighted by Crippen LogP contribution is -2.08. The van der Waals surface area contributed by atoms with Crippen molar-refractivity contribution in [3.05, 3.63) is 35.5 Å². The predicted molar refractivity (Wildman–Crippen MR) is 69.0 cm³/mol. The van der Waals surface area contributed by atoms with Crippen molar-refractivity contribution in [1.29, 1.82) is 0 Å². The molecule has 2 rings (SSSR count). The summed E-state index contributed by atoms with van der Waals surface area (Å²) in [6, 6.07) is 7.37. The molecule has 0 amide bonds. The van der Waals surface area contributed by atoms with E-state index < -0.39 is 0 Å². The normalized spacial score (nSPS) is 10.4. The van der Waals surface area contributed by atoms with Crippen LogP contribution in [0, 0.1) is 6.92 Å². The Hall–Kier alpha value is -2.10. The SMILES string of the molecule is CCOC(=O)c1cc2ccc(OC)cc2nc1C. The van der Waals surface area contributed by atoms with Crippen molar-refractivity contribution in [1.82, 2.24) is 4.98 Å². The molecule has 0 atom stereocenters. The van der Waals surface area contributed by atoms with Crippen LogP contribution >= 0.6 is 0 Å². The van der Waals surface area contributed by atoms with Gasteiger partial charge in [0, 0.05) is 11.5 Å². The number of esters is 1. The molecule has 0 saturated carbocycles. The number of pyridine rings is 1. The molecule has 0 aliphatic carbocycles. The Morgan fingerprint density at radius 1 is 1.33 bits per heavy atom. The first-order valence-corrected chi connectivity index (χ1v) is 5.78. The summed E-state index contributed by atoms with van der Waals surface area (Å²) in [4.78, 5) is 16.2. The highest BCUT2D eigenvalue weighted by molar-refractivity contribution is 5.95. The van der Waals surface area contributed by atoms with Gasteiger partial charge in [0.2, 0.25) is 0 Å². The summed E-state index contributed by atoms with van der Waals surface area (Å²) >= 11 is 0. The Bertz CT molecular complexity index is 593. The number of aryl methyl sites for hydroxylation is 1. The quantitative estimate of drug-likeness (QED) is 0.780. The molecular formula is C14H15NO3. The molecule has 1 aromatic carbocycles. The molecule has 0 saturated heterocycles. The van der Waals surface area contributed by atoms with E-state index >= 15 is 0 Å². The summed E-state index contributed by atoms with van der Waals surface area (Å²) in [6.45, 7) is 3.94. The molecule has 2 aromatic rings. The molecule has 0 N–H and O–H groups in total. The minimum absolute atomic E-state index is 0.333. The van der Waals surface area contributed by atoms with E-state index in [0.29, 0.717) is 17.9 Å². The van der Waals surface area contributed by atoms with Gasteiger partial charge in [-0.25, -0.2) is 4.79 Å². The van der Waals surface area contributed by atoms with Crippen LogP contribution in [0.25, 0.3) is 10.9 Å². The van der Waals surface area contributed by atoms with E-state index in [1.807, 2.05) is 18.2 Å². The van der Waals surface area contributed by atoms with E-state index in [0.717, 1.165) is 16.7 Å². The maximum absolute atomic E-state index is 11.7. The summed E-state index contributed by atoms with van der Waals surface area (Å²) in [5.41, 5.74) is 1.98. The first-order valence-electron chi connectivity index (χ1n) is 5.78. The maximum Gasteiger partial charge on any atom is 0.339 e. The van der Waals surface area contributed by atoms with Gasteiger partial charge < -0.3 is 9.47 Å². The second-order valence-corrected chi connectivity index (χ2v) is 3.90. The molecule has 0 bridgehead atoms. The Labute approximate surface area is 106 Å². The average molecular weight is 245 g/mol. The number of aromatic nitrogens is 1. The van der Waals surface area contributed by atoms with Crippen molar-refractivity contribution < 1.29 is 14.3 Å². The Morgan fingerprint density at radius 3 is 2.78 bits per heavy atom. The lowest BCUT2D eigenvalue weighted by atomic mass is 10.1. The van der Waals surface area contributed by atoms with Crippen LogP contribution in [0.2, 0.25) is 0 Å². The van der Waals surface area contributed by atoms with Gasteiger partial charge in [-0.1, -0.05) is 0 Å². The van der Waals surface area contributed by atoms with Gasteiger partial charge in [0.15, 0.2) is 0 Å². The smallest absolute Gasteiger partial charge is 0.339 e. The number of hydrogen-bond donors (Lipinski definition) is 0. The minimum atomic E-state index is -0.333. The van der Waals surface area contributed by atoms with Gasteiger partial charge in [-0.2, -0.15) is 0 Å². The summed E-state index contributed by atoms with van der Waals surface area (Å²) in [7, 11) is 1.61. The van der Waals surface area contributed by atoms with Gasteiger partial charge in [-0.05, 0) is 32.0 Å². The Kier molecular flexibility index (Phi) is 3.46.